The Bertz CT molecular complexity index is 1090. The van der Waals surface area contributed by atoms with Crippen LogP contribution >= 0.6 is 0 Å². The van der Waals surface area contributed by atoms with Crippen molar-refractivity contribution in [1.29, 1.82) is 0 Å². The molecule has 7 nitrogen and oxygen atoms in total. The van der Waals surface area contributed by atoms with Crippen LogP contribution in [0, 0.1) is 0 Å². The van der Waals surface area contributed by atoms with Crippen molar-refractivity contribution in [3.05, 3.63) is 65.9 Å². The first-order valence-corrected chi connectivity index (χ1v) is 11.7. The maximum absolute atomic E-state index is 12.7. The van der Waals surface area contributed by atoms with Gasteiger partial charge in [0.15, 0.2) is 0 Å². The van der Waals surface area contributed by atoms with E-state index in [1.54, 1.807) is 27.7 Å². The number of aromatic amines is 1. The van der Waals surface area contributed by atoms with E-state index in [1.165, 1.54) is 0 Å². The summed E-state index contributed by atoms with van der Waals surface area (Å²) in [5, 5.41) is 3.72. The average Bonchev–Trinajstić information content (AvgIpc) is 3.13. The van der Waals surface area contributed by atoms with Crippen LogP contribution in [0.25, 0.3) is 10.9 Å². The van der Waals surface area contributed by atoms with Crippen LogP contribution in [0.4, 0.5) is 4.79 Å². The molecule has 0 radical (unpaired) electrons. The zero-order valence-corrected chi connectivity index (χ0v) is 20.4. The Morgan fingerprint density at radius 3 is 2.44 bits per heavy atom. The summed E-state index contributed by atoms with van der Waals surface area (Å²) in [5.74, 6) is 0.348. The Kier molecular flexibility index (Phi) is 8.57. The first kappa shape index (κ1) is 25.1. The molecule has 1 aromatic heterocycles. The lowest BCUT2D eigenvalue weighted by Gasteiger charge is -2.23. The molecule has 3 rings (SSSR count). The number of aromatic nitrogens is 1. The Hall–Kier alpha value is -3.48. The number of esters is 1. The van der Waals surface area contributed by atoms with Gasteiger partial charge in [-0.25, -0.2) is 9.59 Å². The van der Waals surface area contributed by atoms with Crippen LogP contribution in [0.1, 0.15) is 45.4 Å². The summed E-state index contributed by atoms with van der Waals surface area (Å²) in [7, 11) is 0. The number of nitrogens with one attached hydrogen (secondary N) is 2. The van der Waals surface area contributed by atoms with E-state index in [0.717, 1.165) is 40.8 Å². The minimum atomic E-state index is -0.867. The number of alkyl carbamates (subject to hydrolysis) is 1. The number of carbonyl (C=O) groups excluding carboxylic acids is 2. The van der Waals surface area contributed by atoms with Gasteiger partial charge in [0.25, 0.3) is 0 Å². The lowest BCUT2D eigenvalue weighted by atomic mass is 10.0. The van der Waals surface area contributed by atoms with Crippen LogP contribution in [-0.4, -0.2) is 41.9 Å². The molecular formula is C27H34N2O5. The molecule has 7 heteroatoms. The number of amides is 1. The number of fused-ring (bicyclic) bond motifs is 1. The first-order chi connectivity index (χ1) is 16.3. The van der Waals surface area contributed by atoms with Crippen molar-refractivity contribution < 1.29 is 23.8 Å². The molecule has 2 aromatic carbocycles. The van der Waals surface area contributed by atoms with E-state index < -0.39 is 23.7 Å². The van der Waals surface area contributed by atoms with Crippen LogP contribution in [-0.2, 0) is 27.1 Å². The van der Waals surface area contributed by atoms with E-state index in [-0.39, 0.29) is 13.0 Å². The van der Waals surface area contributed by atoms with Gasteiger partial charge in [-0.15, -0.1) is 0 Å². The molecular weight excluding hydrogens is 432 g/mol. The number of carbonyl (C=O) groups is 2. The highest BCUT2D eigenvalue weighted by molar-refractivity contribution is 5.87. The standard InChI is InChI=1S/C27H34N2O5/c1-5-32-25(30)24(29-26(31)34-27(2,3)4)18-21-20-14-9-10-15-22(20)28-23(21)16-11-17-33-19-12-7-6-8-13-19/h6-10,12-15,24,28H,5,11,16-18H2,1-4H3,(H,29,31)/t24-/m0/s1. The fraction of sp³-hybridized carbons (Fsp3) is 0.407. The zero-order chi connectivity index (χ0) is 24.6. The molecule has 0 bridgehead atoms. The summed E-state index contributed by atoms with van der Waals surface area (Å²) in [6.45, 7) is 7.87. The highest BCUT2D eigenvalue weighted by Crippen LogP contribution is 2.25. The summed E-state index contributed by atoms with van der Waals surface area (Å²) in [6.07, 6.45) is 1.16. The van der Waals surface area contributed by atoms with Gasteiger partial charge in [-0.05, 0) is 64.3 Å². The summed E-state index contributed by atoms with van der Waals surface area (Å²) in [4.78, 5) is 28.6. The van der Waals surface area contributed by atoms with Gasteiger partial charge in [-0.1, -0.05) is 36.4 Å². The van der Waals surface area contributed by atoms with Crippen LogP contribution < -0.4 is 10.1 Å². The van der Waals surface area contributed by atoms with Crippen LogP contribution in [0.3, 0.4) is 0 Å². The predicted octanol–water partition coefficient (Wildman–Crippen LogP) is 5.18. The predicted molar refractivity (Wildman–Crippen MR) is 132 cm³/mol. The number of aryl methyl sites for hydroxylation is 1. The van der Waals surface area contributed by atoms with Gasteiger partial charge in [0, 0.05) is 23.0 Å². The molecule has 0 unspecified atom stereocenters. The van der Waals surface area contributed by atoms with Gasteiger partial charge >= 0.3 is 12.1 Å². The second-order valence-corrected chi connectivity index (χ2v) is 9.05. The third-order valence-electron chi connectivity index (χ3n) is 5.16. The molecule has 2 N–H and O–H groups in total. The van der Waals surface area contributed by atoms with Gasteiger partial charge in [-0.3, -0.25) is 0 Å². The van der Waals surface area contributed by atoms with E-state index in [0.29, 0.717) is 6.61 Å². The first-order valence-electron chi connectivity index (χ1n) is 11.7. The smallest absolute Gasteiger partial charge is 0.408 e. The number of ether oxygens (including phenoxy) is 3. The largest absolute Gasteiger partial charge is 0.494 e. The van der Waals surface area contributed by atoms with Crippen molar-refractivity contribution in [2.75, 3.05) is 13.2 Å². The van der Waals surface area contributed by atoms with E-state index in [4.69, 9.17) is 14.2 Å². The van der Waals surface area contributed by atoms with Gasteiger partial charge < -0.3 is 24.5 Å². The molecule has 0 saturated heterocycles. The number of benzene rings is 2. The molecule has 1 heterocycles. The quantitative estimate of drug-likeness (QED) is 0.317. The highest BCUT2D eigenvalue weighted by Gasteiger charge is 2.27. The average molecular weight is 467 g/mol. The van der Waals surface area contributed by atoms with Crippen LogP contribution in [0.2, 0.25) is 0 Å². The van der Waals surface area contributed by atoms with E-state index in [9.17, 15) is 9.59 Å². The minimum absolute atomic E-state index is 0.225. The molecule has 1 atom stereocenters. The molecule has 0 aliphatic carbocycles. The van der Waals surface area contributed by atoms with Gasteiger partial charge in [0.2, 0.25) is 0 Å². The van der Waals surface area contributed by atoms with Gasteiger partial charge in [0.1, 0.15) is 17.4 Å². The minimum Gasteiger partial charge on any atom is -0.494 e. The van der Waals surface area contributed by atoms with E-state index >= 15 is 0 Å². The summed E-state index contributed by atoms with van der Waals surface area (Å²) < 4.78 is 16.4. The fourth-order valence-electron chi connectivity index (χ4n) is 3.75. The summed E-state index contributed by atoms with van der Waals surface area (Å²) in [5.41, 5.74) is 2.30. The highest BCUT2D eigenvalue weighted by atomic mass is 16.6. The Morgan fingerprint density at radius 1 is 1.03 bits per heavy atom. The van der Waals surface area contributed by atoms with E-state index in [1.807, 2.05) is 54.6 Å². The van der Waals surface area contributed by atoms with E-state index in [2.05, 4.69) is 10.3 Å². The van der Waals surface area contributed by atoms with Crippen LogP contribution in [0.15, 0.2) is 54.6 Å². The van der Waals surface area contributed by atoms with Crippen molar-refractivity contribution in [2.24, 2.45) is 0 Å². The second kappa shape index (κ2) is 11.6. The normalized spacial score (nSPS) is 12.2. The molecule has 0 aliphatic heterocycles. The van der Waals surface area contributed by atoms with Crippen LogP contribution in [0.5, 0.6) is 5.75 Å². The Balaban J connectivity index is 1.77. The number of hydrogen-bond acceptors (Lipinski definition) is 5. The number of para-hydroxylation sites is 2. The summed E-state index contributed by atoms with van der Waals surface area (Å²) in [6, 6.07) is 16.8. The lowest BCUT2D eigenvalue weighted by molar-refractivity contribution is -0.145. The third kappa shape index (κ3) is 7.27. The maximum Gasteiger partial charge on any atom is 0.408 e. The number of hydrogen-bond donors (Lipinski definition) is 2. The zero-order valence-electron chi connectivity index (χ0n) is 20.4. The number of H-pyrrole nitrogens is 1. The van der Waals surface area contributed by atoms with Gasteiger partial charge in [-0.2, -0.15) is 0 Å². The second-order valence-electron chi connectivity index (χ2n) is 9.05. The van der Waals surface area contributed by atoms with Crippen molar-refractivity contribution in [1.82, 2.24) is 10.3 Å². The van der Waals surface area contributed by atoms with Crippen molar-refractivity contribution in [3.8, 4) is 5.75 Å². The van der Waals surface area contributed by atoms with Crippen molar-refractivity contribution in [2.45, 2.75) is 58.6 Å². The molecule has 0 aliphatic rings. The fourth-order valence-corrected chi connectivity index (χ4v) is 3.75. The Labute approximate surface area is 200 Å². The Morgan fingerprint density at radius 2 is 1.74 bits per heavy atom. The summed E-state index contributed by atoms with van der Waals surface area (Å²) >= 11 is 0. The molecule has 0 fully saturated rings. The molecule has 3 aromatic rings. The van der Waals surface area contributed by atoms with Gasteiger partial charge in [0.05, 0.1) is 13.2 Å². The van der Waals surface area contributed by atoms with Crippen molar-refractivity contribution >= 4 is 23.0 Å². The molecule has 34 heavy (non-hydrogen) atoms. The maximum atomic E-state index is 12.7. The lowest BCUT2D eigenvalue weighted by Crippen LogP contribution is -2.45. The van der Waals surface area contributed by atoms with Crippen molar-refractivity contribution in [3.63, 3.8) is 0 Å². The molecule has 1 amide bonds. The SMILES string of the molecule is CCOC(=O)[C@H](Cc1c(CCCOc2ccccc2)[nH]c2ccccc12)NC(=O)OC(C)(C)C. The monoisotopic (exact) mass is 466 g/mol. The third-order valence-corrected chi connectivity index (χ3v) is 5.16. The molecule has 182 valence electrons. The topological polar surface area (TPSA) is 89.7 Å². The number of rotatable bonds is 10. The molecule has 0 saturated carbocycles. The molecule has 0 spiro atoms.